The van der Waals surface area contributed by atoms with E-state index < -0.39 is 35.3 Å². The number of imide groups is 1. The molecular formula is C22H26N2O4. The Hall–Kier alpha value is -2.47. The largest absolute Gasteiger partial charge is 0.480 e. The molecule has 28 heavy (non-hydrogen) atoms. The van der Waals surface area contributed by atoms with Crippen LogP contribution in [0.3, 0.4) is 0 Å². The molecular weight excluding hydrogens is 356 g/mol. The predicted octanol–water partition coefficient (Wildman–Crippen LogP) is 2.35. The monoisotopic (exact) mass is 382 g/mol. The van der Waals surface area contributed by atoms with Crippen molar-refractivity contribution in [3.63, 3.8) is 0 Å². The summed E-state index contributed by atoms with van der Waals surface area (Å²) >= 11 is 0. The molecule has 0 spiro atoms. The van der Waals surface area contributed by atoms with Crippen molar-refractivity contribution >= 4 is 23.9 Å². The van der Waals surface area contributed by atoms with Crippen molar-refractivity contribution in [1.29, 1.82) is 0 Å². The number of amides is 2. The maximum Gasteiger partial charge on any atom is 0.324 e. The molecule has 1 aromatic rings. The zero-order chi connectivity index (χ0) is 19.7. The normalized spacial score (nSPS) is 33.2. The fourth-order valence-corrected chi connectivity index (χ4v) is 5.24. The predicted molar refractivity (Wildman–Crippen MR) is 104 cm³/mol. The van der Waals surface area contributed by atoms with Crippen LogP contribution in [0.1, 0.15) is 44.1 Å². The Morgan fingerprint density at radius 3 is 2.50 bits per heavy atom. The van der Waals surface area contributed by atoms with Gasteiger partial charge in [-0.15, -0.1) is 0 Å². The first kappa shape index (κ1) is 18.9. The highest BCUT2D eigenvalue weighted by molar-refractivity contribution is 6.09. The molecule has 2 aliphatic heterocycles. The standard InChI is InChI=1S/C22H26N2O4/c25-19-17-16(12-11-14-7-3-1-4-8-14)24-22(21(27)28,18(17)20(26)23-19)13-15-9-5-2-6-10-15/h1,3-4,7-8,11-12,15-18,24H,2,5-6,9-10,13H2,(H,27,28)(H,23,25,26)/b12-11+. The first-order valence-corrected chi connectivity index (χ1v) is 10.1. The molecule has 3 N–H and O–H groups in total. The van der Waals surface area contributed by atoms with Crippen LogP contribution in [-0.2, 0) is 14.4 Å². The summed E-state index contributed by atoms with van der Waals surface area (Å²) in [5, 5.41) is 15.8. The lowest BCUT2D eigenvalue weighted by molar-refractivity contribution is -0.150. The second-order valence-corrected chi connectivity index (χ2v) is 8.28. The average Bonchev–Trinajstić information content (AvgIpc) is 3.19. The van der Waals surface area contributed by atoms with Crippen LogP contribution in [0.2, 0.25) is 0 Å². The summed E-state index contributed by atoms with van der Waals surface area (Å²) in [6.45, 7) is 0. The Morgan fingerprint density at radius 1 is 1.11 bits per heavy atom. The van der Waals surface area contributed by atoms with Crippen LogP contribution in [0.25, 0.3) is 6.08 Å². The zero-order valence-corrected chi connectivity index (χ0v) is 15.8. The number of carbonyl (C=O) groups is 3. The highest BCUT2D eigenvalue weighted by Gasteiger charge is 2.65. The van der Waals surface area contributed by atoms with Crippen molar-refractivity contribution in [2.75, 3.05) is 0 Å². The maximum absolute atomic E-state index is 12.6. The third-order valence-electron chi connectivity index (χ3n) is 6.55. The molecule has 0 bridgehead atoms. The van der Waals surface area contributed by atoms with Gasteiger partial charge < -0.3 is 5.11 Å². The SMILES string of the molecule is O=C1NC(=O)C2C1C(/C=C/c1ccccc1)NC2(CC1CCCCC1)C(=O)O. The number of carboxylic acid groups (broad SMARTS) is 1. The molecule has 6 heteroatoms. The van der Waals surface area contributed by atoms with Crippen LogP contribution in [-0.4, -0.2) is 34.5 Å². The number of carbonyl (C=O) groups excluding carboxylic acids is 2. The van der Waals surface area contributed by atoms with Gasteiger partial charge in [0.15, 0.2) is 0 Å². The van der Waals surface area contributed by atoms with E-state index in [9.17, 15) is 19.5 Å². The smallest absolute Gasteiger partial charge is 0.324 e. The van der Waals surface area contributed by atoms with Gasteiger partial charge >= 0.3 is 5.97 Å². The Morgan fingerprint density at radius 2 is 1.82 bits per heavy atom. The molecule has 1 aromatic carbocycles. The molecule has 3 fully saturated rings. The molecule has 1 aliphatic carbocycles. The number of benzene rings is 1. The van der Waals surface area contributed by atoms with Crippen molar-refractivity contribution in [1.82, 2.24) is 10.6 Å². The molecule has 4 atom stereocenters. The van der Waals surface area contributed by atoms with E-state index in [1.54, 1.807) is 0 Å². The van der Waals surface area contributed by atoms with Crippen LogP contribution in [0, 0.1) is 17.8 Å². The van der Waals surface area contributed by atoms with Crippen LogP contribution in [0.4, 0.5) is 0 Å². The number of rotatable bonds is 5. The van der Waals surface area contributed by atoms with Gasteiger partial charge in [0.05, 0.1) is 11.8 Å². The summed E-state index contributed by atoms with van der Waals surface area (Å²) in [5.41, 5.74) is -0.431. The lowest BCUT2D eigenvalue weighted by Gasteiger charge is -2.34. The minimum absolute atomic E-state index is 0.262. The highest BCUT2D eigenvalue weighted by atomic mass is 16.4. The molecule has 4 unspecified atom stereocenters. The molecule has 3 aliphatic rings. The highest BCUT2D eigenvalue weighted by Crippen LogP contribution is 2.45. The van der Waals surface area contributed by atoms with Gasteiger partial charge in [-0.05, 0) is 17.9 Å². The molecule has 4 rings (SSSR count). The number of aliphatic carboxylic acids is 1. The molecule has 2 saturated heterocycles. The van der Waals surface area contributed by atoms with Crippen molar-refractivity contribution in [2.45, 2.75) is 50.1 Å². The zero-order valence-electron chi connectivity index (χ0n) is 15.8. The van der Waals surface area contributed by atoms with E-state index in [4.69, 9.17) is 0 Å². The number of hydrogen-bond donors (Lipinski definition) is 3. The van der Waals surface area contributed by atoms with Gasteiger partial charge in [0.1, 0.15) is 5.54 Å². The molecule has 6 nitrogen and oxygen atoms in total. The summed E-state index contributed by atoms with van der Waals surface area (Å²) in [6.07, 6.45) is 9.42. The lowest BCUT2D eigenvalue weighted by Crippen LogP contribution is -2.57. The fourth-order valence-electron chi connectivity index (χ4n) is 5.24. The van der Waals surface area contributed by atoms with Gasteiger partial charge in [-0.25, -0.2) is 0 Å². The number of carboxylic acids is 1. The summed E-state index contributed by atoms with van der Waals surface area (Å²) in [4.78, 5) is 37.5. The molecule has 0 aromatic heterocycles. The van der Waals surface area contributed by atoms with Gasteiger partial charge in [-0.2, -0.15) is 0 Å². The maximum atomic E-state index is 12.6. The van der Waals surface area contributed by atoms with Crippen LogP contribution in [0.5, 0.6) is 0 Å². The number of nitrogens with one attached hydrogen (secondary N) is 2. The van der Waals surface area contributed by atoms with Gasteiger partial charge in [0.2, 0.25) is 11.8 Å². The molecule has 2 amide bonds. The van der Waals surface area contributed by atoms with Crippen molar-refractivity contribution in [3.05, 3.63) is 42.0 Å². The number of fused-ring (bicyclic) bond motifs is 1. The van der Waals surface area contributed by atoms with Gasteiger partial charge in [-0.3, -0.25) is 25.0 Å². The van der Waals surface area contributed by atoms with Gasteiger partial charge in [0.25, 0.3) is 0 Å². The van der Waals surface area contributed by atoms with E-state index in [-0.39, 0.29) is 11.8 Å². The topological polar surface area (TPSA) is 95.5 Å². The Labute approximate surface area is 164 Å². The van der Waals surface area contributed by atoms with Gasteiger partial charge in [-0.1, -0.05) is 74.6 Å². The molecule has 1 saturated carbocycles. The third-order valence-corrected chi connectivity index (χ3v) is 6.55. The van der Waals surface area contributed by atoms with E-state index >= 15 is 0 Å². The molecule has 2 heterocycles. The van der Waals surface area contributed by atoms with E-state index in [0.717, 1.165) is 31.2 Å². The van der Waals surface area contributed by atoms with Crippen molar-refractivity contribution in [3.8, 4) is 0 Å². The Balaban J connectivity index is 1.66. The summed E-state index contributed by atoms with van der Waals surface area (Å²) in [5.74, 6) is -3.17. The Bertz CT molecular complexity index is 800. The summed E-state index contributed by atoms with van der Waals surface area (Å²) < 4.78 is 0. The van der Waals surface area contributed by atoms with Crippen LogP contribution < -0.4 is 10.6 Å². The number of hydrogen-bond acceptors (Lipinski definition) is 4. The minimum Gasteiger partial charge on any atom is -0.480 e. The molecule has 148 valence electrons. The van der Waals surface area contributed by atoms with Crippen molar-refractivity contribution < 1.29 is 19.5 Å². The summed E-state index contributed by atoms with van der Waals surface area (Å²) in [7, 11) is 0. The Kier molecular flexibility index (Phi) is 5.06. The van der Waals surface area contributed by atoms with Crippen LogP contribution in [0.15, 0.2) is 36.4 Å². The fraction of sp³-hybridized carbons (Fsp3) is 0.500. The molecule has 0 radical (unpaired) electrons. The third kappa shape index (κ3) is 3.26. The second kappa shape index (κ2) is 7.51. The van der Waals surface area contributed by atoms with E-state index in [1.807, 2.05) is 42.5 Å². The van der Waals surface area contributed by atoms with Crippen molar-refractivity contribution in [2.24, 2.45) is 17.8 Å². The lowest BCUT2D eigenvalue weighted by atomic mass is 9.72. The van der Waals surface area contributed by atoms with Gasteiger partial charge in [0, 0.05) is 6.04 Å². The van der Waals surface area contributed by atoms with E-state index in [1.165, 1.54) is 6.42 Å². The quantitative estimate of drug-likeness (QED) is 0.680. The minimum atomic E-state index is -1.39. The average molecular weight is 382 g/mol. The second-order valence-electron chi connectivity index (χ2n) is 8.28. The first-order chi connectivity index (χ1) is 13.5. The first-order valence-electron chi connectivity index (χ1n) is 10.1. The van der Waals surface area contributed by atoms with E-state index in [0.29, 0.717) is 6.42 Å². The van der Waals surface area contributed by atoms with Crippen LogP contribution >= 0.6 is 0 Å². The van der Waals surface area contributed by atoms with E-state index in [2.05, 4.69) is 10.6 Å². The summed E-state index contributed by atoms with van der Waals surface area (Å²) in [6, 6.07) is 9.15.